The number of nitrogens with two attached hydrogens (primary N) is 1. The molecule has 3 aromatic rings. The summed E-state index contributed by atoms with van der Waals surface area (Å²) in [4.78, 5) is 20.1. The van der Waals surface area contributed by atoms with E-state index in [1.807, 2.05) is 24.3 Å². The summed E-state index contributed by atoms with van der Waals surface area (Å²) in [5.74, 6) is 0.327. The van der Waals surface area contributed by atoms with Crippen molar-refractivity contribution < 1.29 is 9.53 Å². The van der Waals surface area contributed by atoms with Gasteiger partial charge in [0.25, 0.3) is 0 Å². The number of rotatable bonds is 2. The van der Waals surface area contributed by atoms with Gasteiger partial charge in [-0.15, -0.1) is 0 Å². The lowest BCUT2D eigenvalue weighted by atomic mass is 10.1. The number of hydrogen-bond donors (Lipinski definition) is 1. The number of pyridine rings is 1. The maximum atomic E-state index is 11.7. The van der Waals surface area contributed by atoms with E-state index in [0.29, 0.717) is 5.82 Å². The maximum Gasteiger partial charge on any atom is 0.360 e. The lowest BCUT2D eigenvalue weighted by Gasteiger charge is -2.10. The first kappa shape index (κ1) is 13.1. The predicted octanol–water partition coefficient (Wildman–Crippen LogP) is 2.10. The monoisotopic (exact) mass is 282 g/mol. The van der Waals surface area contributed by atoms with Gasteiger partial charge >= 0.3 is 5.97 Å². The molecule has 3 rings (SSSR count). The summed E-state index contributed by atoms with van der Waals surface area (Å²) in [6.07, 6.45) is 3.50. The number of benzene rings is 1. The summed E-state index contributed by atoms with van der Waals surface area (Å²) >= 11 is 0. The summed E-state index contributed by atoms with van der Waals surface area (Å²) in [6, 6.07) is 7.75. The minimum absolute atomic E-state index is 0.121. The van der Waals surface area contributed by atoms with Gasteiger partial charge in [-0.1, -0.05) is 12.1 Å². The number of anilines is 1. The summed E-state index contributed by atoms with van der Waals surface area (Å²) in [7, 11) is 1.30. The number of nitrogen functional groups attached to an aromatic ring is 1. The van der Waals surface area contributed by atoms with Crippen LogP contribution in [0.1, 0.15) is 16.3 Å². The van der Waals surface area contributed by atoms with Crippen molar-refractivity contribution in [2.75, 3.05) is 12.8 Å². The number of carbonyl (C=O) groups is 1. The number of methoxy groups -OCH3 is 1. The summed E-state index contributed by atoms with van der Waals surface area (Å²) < 4.78 is 6.43. The number of fused-ring (bicyclic) bond motifs is 1. The normalized spacial score (nSPS) is 10.8. The second-order valence-corrected chi connectivity index (χ2v) is 4.59. The Kier molecular flexibility index (Phi) is 3.06. The van der Waals surface area contributed by atoms with Crippen molar-refractivity contribution >= 4 is 22.6 Å². The summed E-state index contributed by atoms with van der Waals surface area (Å²) in [5.41, 5.74) is 7.04. The molecular weight excluding hydrogens is 268 g/mol. The van der Waals surface area contributed by atoms with Crippen molar-refractivity contribution in [1.82, 2.24) is 14.5 Å². The van der Waals surface area contributed by atoms with Gasteiger partial charge in [0.05, 0.1) is 12.8 Å². The molecule has 0 saturated carbocycles. The fraction of sp³-hybridized carbons (Fsp3) is 0.133. The van der Waals surface area contributed by atoms with Crippen LogP contribution in [0.15, 0.2) is 36.7 Å². The molecule has 106 valence electrons. The van der Waals surface area contributed by atoms with E-state index in [1.54, 1.807) is 23.9 Å². The Balaban J connectivity index is 2.29. The van der Waals surface area contributed by atoms with E-state index in [4.69, 9.17) is 10.5 Å². The van der Waals surface area contributed by atoms with Crippen LogP contribution in [0.4, 0.5) is 5.82 Å². The van der Waals surface area contributed by atoms with Crippen molar-refractivity contribution in [2.24, 2.45) is 0 Å². The Morgan fingerprint density at radius 1 is 1.33 bits per heavy atom. The minimum atomic E-state index is -0.548. The maximum absolute atomic E-state index is 11.7. The van der Waals surface area contributed by atoms with Gasteiger partial charge in [-0.25, -0.2) is 9.78 Å². The number of aryl methyl sites for hydroxylation is 1. The fourth-order valence-corrected chi connectivity index (χ4v) is 2.39. The van der Waals surface area contributed by atoms with Crippen molar-refractivity contribution in [2.45, 2.75) is 6.92 Å². The second kappa shape index (κ2) is 4.90. The van der Waals surface area contributed by atoms with Crippen molar-refractivity contribution in [3.63, 3.8) is 0 Å². The molecule has 0 aliphatic carbocycles. The molecule has 0 unspecified atom stereocenters. The van der Waals surface area contributed by atoms with Crippen molar-refractivity contribution in [3.05, 3.63) is 48.2 Å². The molecule has 1 aromatic carbocycles. The molecule has 0 spiro atoms. The largest absolute Gasteiger partial charge is 0.464 e. The Morgan fingerprint density at radius 3 is 2.90 bits per heavy atom. The summed E-state index contributed by atoms with van der Waals surface area (Å²) in [6.45, 7) is 1.79. The molecule has 21 heavy (non-hydrogen) atoms. The molecule has 0 saturated heterocycles. The van der Waals surface area contributed by atoms with Crippen LogP contribution in [-0.2, 0) is 4.74 Å². The topological polar surface area (TPSA) is 83.0 Å². The van der Waals surface area contributed by atoms with Crippen LogP contribution in [0.5, 0.6) is 0 Å². The SMILES string of the molecule is COC(=O)c1nc(C)n(-c2cccc3ccncc23)c1N. The molecule has 0 fully saturated rings. The van der Waals surface area contributed by atoms with Gasteiger partial charge in [-0.2, -0.15) is 0 Å². The van der Waals surface area contributed by atoms with E-state index >= 15 is 0 Å². The van der Waals surface area contributed by atoms with E-state index in [0.717, 1.165) is 16.5 Å². The predicted molar refractivity (Wildman–Crippen MR) is 79.4 cm³/mol. The van der Waals surface area contributed by atoms with E-state index in [1.165, 1.54) is 7.11 Å². The lowest BCUT2D eigenvalue weighted by molar-refractivity contribution is 0.0596. The molecule has 0 aliphatic heterocycles. The van der Waals surface area contributed by atoms with E-state index in [9.17, 15) is 4.79 Å². The highest BCUT2D eigenvalue weighted by Gasteiger charge is 2.20. The number of aromatic nitrogens is 3. The number of ether oxygens (including phenoxy) is 1. The Morgan fingerprint density at radius 2 is 2.14 bits per heavy atom. The molecular formula is C15H14N4O2. The van der Waals surface area contributed by atoms with Gasteiger partial charge in [-0.05, 0) is 24.4 Å². The van der Waals surface area contributed by atoms with Crippen LogP contribution in [0.3, 0.4) is 0 Å². The third kappa shape index (κ3) is 2.01. The highest BCUT2D eigenvalue weighted by atomic mass is 16.5. The van der Waals surface area contributed by atoms with Gasteiger partial charge in [0, 0.05) is 17.8 Å². The van der Waals surface area contributed by atoms with Crippen LogP contribution in [0.25, 0.3) is 16.5 Å². The summed E-state index contributed by atoms with van der Waals surface area (Å²) in [5, 5.41) is 1.97. The molecule has 0 amide bonds. The van der Waals surface area contributed by atoms with Crippen LogP contribution >= 0.6 is 0 Å². The molecule has 2 heterocycles. The lowest BCUT2D eigenvalue weighted by Crippen LogP contribution is -2.08. The molecule has 6 heteroatoms. The van der Waals surface area contributed by atoms with E-state index < -0.39 is 5.97 Å². The molecule has 2 aromatic heterocycles. The van der Waals surface area contributed by atoms with Crippen LogP contribution < -0.4 is 5.73 Å². The van der Waals surface area contributed by atoms with Crippen molar-refractivity contribution in [3.8, 4) is 5.69 Å². The minimum Gasteiger partial charge on any atom is -0.464 e. The van der Waals surface area contributed by atoms with E-state index in [2.05, 4.69) is 9.97 Å². The van der Waals surface area contributed by atoms with Gasteiger partial charge in [0.2, 0.25) is 0 Å². The van der Waals surface area contributed by atoms with Crippen LogP contribution in [0.2, 0.25) is 0 Å². The quantitative estimate of drug-likeness (QED) is 0.728. The molecule has 2 N–H and O–H groups in total. The zero-order valence-electron chi connectivity index (χ0n) is 11.7. The van der Waals surface area contributed by atoms with Gasteiger partial charge in [0.1, 0.15) is 11.6 Å². The number of nitrogens with zero attached hydrogens (tertiary/aromatic N) is 3. The third-order valence-electron chi connectivity index (χ3n) is 3.36. The van der Waals surface area contributed by atoms with E-state index in [-0.39, 0.29) is 11.5 Å². The average molecular weight is 282 g/mol. The molecule has 6 nitrogen and oxygen atoms in total. The Bertz CT molecular complexity index is 834. The van der Waals surface area contributed by atoms with Crippen LogP contribution in [-0.4, -0.2) is 27.6 Å². The van der Waals surface area contributed by atoms with Gasteiger partial charge in [-0.3, -0.25) is 9.55 Å². The highest BCUT2D eigenvalue weighted by molar-refractivity contribution is 5.94. The second-order valence-electron chi connectivity index (χ2n) is 4.59. The fourth-order valence-electron chi connectivity index (χ4n) is 2.39. The standard InChI is InChI=1S/C15H14N4O2/c1-9-18-13(15(20)21-2)14(16)19(9)12-5-3-4-10-6-7-17-8-11(10)12/h3-8H,16H2,1-2H3. The molecule has 0 bridgehead atoms. The zero-order chi connectivity index (χ0) is 15.0. The van der Waals surface area contributed by atoms with Crippen molar-refractivity contribution in [1.29, 1.82) is 0 Å². The smallest absolute Gasteiger partial charge is 0.360 e. The number of carbonyl (C=O) groups excluding carboxylic acids is 1. The first-order valence-electron chi connectivity index (χ1n) is 6.39. The Hall–Kier alpha value is -2.89. The average Bonchev–Trinajstić information content (AvgIpc) is 2.81. The van der Waals surface area contributed by atoms with Gasteiger partial charge in [0.15, 0.2) is 5.69 Å². The molecule has 0 radical (unpaired) electrons. The zero-order valence-corrected chi connectivity index (χ0v) is 11.7. The first-order chi connectivity index (χ1) is 10.1. The third-order valence-corrected chi connectivity index (χ3v) is 3.36. The number of imidazole rings is 1. The molecule has 0 atom stereocenters. The number of hydrogen-bond acceptors (Lipinski definition) is 5. The number of esters is 1. The Labute approximate surface area is 121 Å². The first-order valence-corrected chi connectivity index (χ1v) is 6.39. The highest BCUT2D eigenvalue weighted by Crippen LogP contribution is 2.27. The van der Waals surface area contributed by atoms with Crippen LogP contribution in [0, 0.1) is 6.92 Å². The van der Waals surface area contributed by atoms with Gasteiger partial charge < -0.3 is 10.5 Å². The molecule has 0 aliphatic rings.